The number of ether oxygens (including phenoxy) is 1. The fraction of sp³-hybridized carbons (Fsp3) is 0.200. The lowest BCUT2D eigenvalue weighted by atomic mass is 10.2. The highest BCUT2D eigenvalue weighted by atomic mass is 32.1. The highest BCUT2D eigenvalue weighted by Gasteiger charge is 2.03. The van der Waals surface area contributed by atoms with Crippen LogP contribution in [0.1, 0.15) is 11.3 Å². The predicted molar refractivity (Wildman–Crippen MR) is 59.3 cm³/mol. The zero-order valence-corrected chi connectivity index (χ0v) is 8.91. The molecule has 1 heterocycles. The summed E-state index contributed by atoms with van der Waals surface area (Å²) in [5, 5.41) is 4.49. The van der Waals surface area contributed by atoms with Crippen LogP contribution in [0.3, 0.4) is 0 Å². The summed E-state index contributed by atoms with van der Waals surface area (Å²) < 4.78 is 9.20. The van der Waals surface area contributed by atoms with Crippen LogP contribution in [0.4, 0.5) is 5.00 Å². The molecule has 0 aliphatic carbocycles. The Labute approximate surface area is 91.9 Å². The summed E-state index contributed by atoms with van der Waals surface area (Å²) in [5.41, 5.74) is 7.49. The number of hydrogen-bond donors (Lipinski definition) is 1. The molecule has 0 amide bonds. The molecule has 4 nitrogen and oxygen atoms in total. The van der Waals surface area contributed by atoms with Gasteiger partial charge < -0.3 is 10.5 Å². The fourth-order valence-electron chi connectivity index (χ4n) is 1.16. The van der Waals surface area contributed by atoms with Crippen LogP contribution in [-0.4, -0.2) is 9.59 Å². The number of hydrogen-bond acceptors (Lipinski definition) is 5. The highest BCUT2D eigenvalue weighted by molar-refractivity contribution is 7.09. The molecule has 15 heavy (non-hydrogen) atoms. The maximum Gasteiger partial charge on any atom is 0.133 e. The molecule has 0 unspecified atom stereocenters. The van der Waals surface area contributed by atoms with Gasteiger partial charge >= 0.3 is 0 Å². The largest absolute Gasteiger partial charge is 0.388 e. The van der Waals surface area contributed by atoms with Crippen LogP contribution in [-0.2, 0) is 18.0 Å². The molecule has 0 saturated heterocycles. The number of rotatable bonds is 4. The molecular weight excluding hydrogens is 210 g/mol. The van der Waals surface area contributed by atoms with Crippen molar-refractivity contribution in [3.63, 3.8) is 0 Å². The SMILES string of the molecule is Nc1snnc1COCc1ccccc1. The van der Waals surface area contributed by atoms with Gasteiger partial charge in [-0.3, -0.25) is 0 Å². The number of anilines is 1. The summed E-state index contributed by atoms with van der Waals surface area (Å²) in [7, 11) is 0. The third kappa shape index (κ3) is 2.74. The first-order valence-corrected chi connectivity index (χ1v) is 5.32. The van der Waals surface area contributed by atoms with Gasteiger partial charge in [-0.25, -0.2) is 0 Å². The van der Waals surface area contributed by atoms with Crippen molar-refractivity contribution < 1.29 is 4.74 Å². The van der Waals surface area contributed by atoms with E-state index >= 15 is 0 Å². The minimum Gasteiger partial charge on any atom is -0.388 e. The van der Waals surface area contributed by atoms with Crippen molar-refractivity contribution in [1.29, 1.82) is 0 Å². The molecule has 0 spiro atoms. The van der Waals surface area contributed by atoms with Crippen LogP contribution >= 0.6 is 11.5 Å². The van der Waals surface area contributed by atoms with E-state index < -0.39 is 0 Å². The summed E-state index contributed by atoms with van der Waals surface area (Å²) in [4.78, 5) is 0. The van der Waals surface area contributed by atoms with Crippen molar-refractivity contribution in [3.8, 4) is 0 Å². The maximum atomic E-state index is 5.63. The van der Waals surface area contributed by atoms with Crippen LogP contribution in [0.5, 0.6) is 0 Å². The highest BCUT2D eigenvalue weighted by Crippen LogP contribution is 2.13. The Balaban J connectivity index is 1.83. The first kappa shape index (κ1) is 10.1. The van der Waals surface area contributed by atoms with E-state index in [2.05, 4.69) is 9.59 Å². The van der Waals surface area contributed by atoms with Gasteiger partial charge in [-0.05, 0) is 5.56 Å². The first-order valence-electron chi connectivity index (χ1n) is 4.54. The molecule has 2 rings (SSSR count). The number of nitrogens with two attached hydrogens (primary N) is 1. The Morgan fingerprint density at radius 3 is 2.67 bits per heavy atom. The molecule has 0 aliphatic heterocycles. The molecule has 2 N–H and O–H groups in total. The van der Waals surface area contributed by atoms with Gasteiger partial charge in [-0.2, -0.15) is 0 Å². The smallest absolute Gasteiger partial charge is 0.133 e. The molecular formula is C10H11N3OS. The van der Waals surface area contributed by atoms with E-state index in [1.54, 1.807) is 0 Å². The van der Waals surface area contributed by atoms with E-state index in [-0.39, 0.29) is 0 Å². The molecule has 0 aliphatic rings. The van der Waals surface area contributed by atoms with Crippen molar-refractivity contribution >= 4 is 16.5 Å². The van der Waals surface area contributed by atoms with Gasteiger partial charge in [0.2, 0.25) is 0 Å². The quantitative estimate of drug-likeness (QED) is 0.855. The third-order valence-electron chi connectivity index (χ3n) is 1.94. The summed E-state index contributed by atoms with van der Waals surface area (Å²) in [6.07, 6.45) is 0. The van der Waals surface area contributed by atoms with E-state index in [0.29, 0.717) is 18.2 Å². The number of benzene rings is 1. The average molecular weight is 221 g/mol. The van der Waals surface area contributed by atoms with E-state index in [0.717, 1.165) is 11.3 Å². The minimum absolute atomic E-state index is 0.414. The standard InChI is InChI=1S/C10H11N3OS/c11-10-9(12-13-15-10)7-14-6-8-4-2-1-3-5-8/h1-5H,6-7,11H2. The molecule has 0 fully saturated rings. The van der Waals surface area contributed by atoms with Crippen LogP contribution < -0.4 is 5.73 Å². The second-order valence-electron chi connectivity index (χ2n) is 3.06. The lowest BCUT2D eigenvalue weighted by molar-refractivity contribution is 0.105. The molecule has 1 aromatic heterocycles. The van der Waals surface area contributed by atoms with Gasteiger partial charge in [-0.1, -0.05) is 34.8 Å². The van der Waals surface area contributed by atoms with Crippen LogP contribution in [0.15, 0.2) is 30.3 Å². The number of aromatic nitrogens is 2. The first-order chi connectivity index (χ1) is 7.36. The molecule has 0 atom stereocenters. The van der Waals surface area contributed by atoms with E-state index in [1.807, 2.05) is 30.3 Å². The zero-order valence-electron chi connectivity index (χ0n) is 8.09. The molecule has 1 aromatic carbocycles. The van der Waals surface area contributed by atoms with E-state index in [4.69, 9.17) is 10.5 Å². The predicted octanol–water partition coefficient (Wildman–Crippen LogP) is 1.84. The van der Waals surface area contributed by atoms with Crippen LogP contribution in [0, 0.1) is 0 Å². The van der Waals surface area contributed by atoms with Gasteiger partial charge in [-0.15, -0.1) is 5.10 Å². The molecule has 0 saturated carbocycles. The second-order valence-corrected chi connectivity index (χ2v) is 3.85. The van der Waals surface area contributed by atoms with E-state index in [1.165, 1.54) is 11.5 Å². The zero-order chi connectivity index (χ0) is 10.5. The van der Waals surface area contributed by atoms with Crippen molar-refractivity contribution in [1.82, 2.24) is 9.59 Å². The van der Waals surface area contributed by atoms with Gasteiger partial charge in [0, 0.05) is 11.5 Å². The monoisotopic (exact) mass is 221 g/mol. The van der Waals surface area contributed by atoms with Crippen molar-refractivity contribution in [2.75, 3.05) is 5.73 Å². The maximum absolute atomic E-state index is 5.63. The second kappa shape index (κ2) is 4.86. The summed E-state index contributed by atoms with van der Waals surface area (Å²) >= 11 is 1.19. The minimum atomic E-state index is 0.414. The van der Waals surface area contributed by atoms with Crippen molar-refractivity contribution in [2.45, 2.75) is 13.2 Å². The Morgan fingerprint density at radius 1 is 1.20 bits per heavy atom. The number of nitrogen functional groups attached to an aromatic ring is 1. The molecule has 5 heteroatoms. The van der Waals surface area contributed by atoms with Crippen molar-refractivity contribution in [3.05, 3.63) is 41.6 Å². The number of nitrogens with zero attached hydrogens (tertiary/aromatic N) is 2. The lowest BCUT2D eigenvalue weighted by Crippen LogP contribution is -1.97. The Hall–Kier alpha value is -1.46. The van der Waals surface area contributed by atoms with Gasteiger partial charge in [0.05, 0.1) is 13.2 Å². The fourth-order valence-corrected chi connectivity index (χ4v) is 1.59. The van der Waals surface area contributed by atoms with Gasteiger partial charge in [0.25, 0.3) is 0 Å². The molecule has 0 radical (unpaired) electrons. The van der Waals surface area contributed by atoms with Crippen LogP contribution in [0.25, 0.3) is 0 Å². The molecule has 78 valence electrons. The third-order valence-corrected chi connectivity index (χ3v) is 2.53. The van der Waals surface area contributed by atoms with Gasteiger partial charge in [0.1, 0.15) is 10.7 Å². The average Bonchev–Trinajstić information content (AvgIpc) is 2.66. The Bertz CT molecular complexity index is 416. The summed E-state index contributed by atoms with van der Waals surface area (Å²) in [6.45, 7) is 0.981. The molecule has 0 bridgehead atoms. The van der Waals surface area contributed by atoms with E-state index in [9.17, 15) is 0 Å². The summed E-state index contributed by atoms with van der Waals surface area (Å²) in [6, 6.07) is 9.98. The topological polar surface area (TPSA) is 61.0 Å². The van der Waals surface area contributed by atoms with Gasteiger partial charge in [0.15, 0.2) is 0 Å². The molecule has 2 aromatic rings. The normalized spacial score (nSPS) is 10.4. The lowest BCUT2D eigenvalue weighted by Gasteiger charge is -2.02. The Kier molecular flexibility index (Phi) is 3.26. The van der Waals surface area contributed by atoms with Crippen LogP contribution in [0.2, 0.25) is 0 Å². The summed E-state index contributed by atoms with van der Waals surface area (Å²) in [5.74, 6) is 0. The van der Waals surface area contributed by atoms with Crippen molar-refractivity contribution in [2.24, 2.45) is 0 Å². The Morgan fingerprint density at radius 2 is 2.00 bits per heavy atom.